The zero-order chi connectivity index (χ0) is 15.5. The van der Waals surface area contributed by atoms with Crippen molar-refractivity contribution in [3.8, 4) is 10.6 Å². The Morgan fingerprint density at radius 2 is 2.27 bits per heavy atom. The number of hydrogen-bond acceptors (Lipinski definition) is 5. The zero-order valence-electron chi connectivity index (χ0n) is 11.9. The molecule has 0 radical (unpaired) electrons. The first kappa shape index (κ1) is 14.6. The van der Waals surface area contributed by atoms with Gasteiger partial charge in [0.1, 0.15) is 0 Å². The van der Waals surface area contributed by atoms with Crippen molar-refractivity contribution in [1.29, 1.82) is 0 Å². The summed E-state index contributed by atoms with van der Waals surface area (Å²) in [6, 6.07) is 3.51. The van der Waals surface area contributed by atoms with Crippen LogP contribution in [0.1, 0.15) is 23.2 Å². The molecule has 7 heteroatoms. The molecule has 1 fully saturated rings. The van der Waals surface area contributed by atoms with Crippen molar-refractivity contribution < 1.29 is 9.59 Å². The number of carbonyl (C=O) groups excluding carboxylic acids is 2. The van der Waals surface area contributed by atoms with Gasteiger partial charge in [-0.15, -0.1) is 11.3 Å². The lowest BCUT2D eigenvalue weighted by Crippen LogP contribution is -2.44. The topological polar surface area (TPSA) is 89.2 Å². The molecule has 2 amide bonds. The molecule has 0 bridgehead atoms. The first-order chi connectivity index (χ1) is 10.7. The monoisotopic (exact) mass is 316 g/mol. The smallest absolute Gasteiger partial charge is 0.256 e. The Morgan fingerprint density at radius 3 is 3.00 bits per heavy atom. The Labute approximate surface area is 132 Å². The van der Waals surface area contributed by atoms with Crippen LogP contribution in [0, 0.1) is 5.92 Å². The molecule has 114 valence electrons. The number of pyridine rings is 1. The summed E-state index contributed by atoms with van der Waals surface area (Å²) in [4.78, 5) is 35.1. The van der Waals surface area contributed by atoms with Gasteiger partial charge < -0.3 is 10.6 Å². The van der Waals surface area contributed by atoms with E-state index in [9.17, 15) is 9.59 Å². The first-order valence-corrected chi connectivity index (χ1v) is 7.97. The highest BCUT2D eigenvalue weighted by molar-refractivity contribution is 7.13. The van der Waals surface area contributed by atoms with Gasteiger partial charge in [-0.3, -0.25) is 19.6 Å². The zero-order valence-corrected chi connectivity index (χ0v) is 12.8. The second-order valence-electron chi connectivity index (χ2n) is 5.26. The lowest BCUT2D eigenvalue weighted by molar-refractivity contribution is -0.123. The number of piperidine rings is 1. The maximum absolute atomic E-state index is 12.8. The van der Waals surface area contributed by atoms with Gasteiger partial charge in [-0.1, -0.05) is 0 Å². The van der Waals surface area contributed by atoms with Gasteiger partial charge in [-0.25, -0.2) is 0 Å². The molecule has 2 N–H and O–H groups in total. The van der Waals surface area contributed by atoms with Crippen molar-refractivity contribution in [2.24, 2.45) is 11.7 Å². The molecule has 1 aliphatic rings. The average molecular weight is 316 g/mol. The predicted molar refractivity (Wildman–Crippen MR) is 83.2 cm³/mol. The maximum Gasteiger partial charge on any atom is 0.256 e. The van der Waals surface area contributed by atoms with Gasteiger partial charge in [-0.2, -0.15) is 0 Å². The highest BCUT2D eigenvalue weighted by Gasteiger charge is 2.29. The third-order valence-corrected chi connectivity index (χ3v) is 4.59. The van der Waals surface area contributed by atoms with Gasteiger partial charge in [0.2, 0.25) is 5.91 Å². The molecule has 6 nitrogen and oxygen atoms in total. The van der Waals surface area contributed by atoms with Gasteiger partial charge in [0.15, 0.2) is 0 Å². The number of rotatable bonds is 3. The summed E-state index contributed by atoms with van der Waals surface area (Å²) in [5.41, 5.74) is 8.26. The van der Waals surface area contributed by atoms with Crippen LogP contribution in [-0.4, -0.2) is 39.8 Å². The van der Waals surface area contributed by atoms with Crippen molar-refractivity contribution >= 4 is 23.2 Å². The molecule has 2 aromatic heterocycles. The normalized spacial score (nSPS) is 18.2. The summed E-state index contributed by atoms with van der Waals surface area (Å²) in [6.07, 6.45) is 4.89. The summed E-state index contributed by atoms with van der Waals surface area (Å²) in [5.74, 6) is -0.713. The number of likely N-dealkylation sites (tertiary alicyclic amines) is 1. The third-order valence-electron chi connectivity index (χ3n) is 3.81. The summed E-state index contributed by atoms with van der Waals surface area (Å²) in [7, 11) is 0. The van der Waals surface area contributed by atoms with Crippen molar-refractivity contribution in [2.45, 2.75) is 12.8 Å². The molecule has 3 rings (SSSR count). The molecule has 0 saturated carbocycles. The Bertz CT molecular complexity index is 687. The molecule has 0 aliphatic carbocycles. The molecule has 22 heavy (non-hydrogen) atoms. The number of nitrogens with two attached hydrogens (primary N) is 1. The first-order valence-electron chi connectivity index (χ1n) is 7.09. The minimum Gasteiger partial charge on any atom is -0.369 e. The maximum atomic E-state index is 12.8. The van der Waals surface area contributed by atoms with E-state index in [4.69, 9.17) is 5.73 Å². The standard InChI is InChI=1S/C15H16N4O2S/c16-14(20)10-3-2-6-19(8-10)15(21)11-4-1-5-18-13(11)12-7-17-9-22-12/h1,4-5,7,9-10H,2-3,6,8H2,(H2,16,20)/t10-/m0/s1. The average Bonchev–Trinajstić information content (AvgIpc) is 3.08. The number of thiazole rings is 1. The minimum atomic E-state index is -0.341. The van der Waals surface area contributed by atoms with E-state index in [0.717, 1.165) is 17.7 Å². The Kier molecular flexibility index (Phi) is 4.15. The van der Waals surface area contributed by atoms with Crippen molar-refractivity contribution in [1.82, 2.24) is 14.9 Å². The lowest BCUT2D eigenvalue weighted by Gasteiger charge is -2.31. The number of amides is 2. The van der Waals surface area contributed by atoms with Gasteiger partial charge in [-0.05, 0) is 25.0 Å². The van der Waals surface area contributed by atoms with E-state index in [0.29, 0.717) is 24.3 Å². The van der Waals surface area contributed by atoms with Crippen LogP contribution < -0.4 is 5.73 Å². The molecule has 0 spiro atoms. The molecule has 2 aromatic rings. The molecule has 3 heterocycles. The lowest BCUT2D eigenvalue weighted by atomic mass is 9.96. The largest absolute Gasteiger partial charge is 0.369 e. The Hall–Kier alpha value is -2.28. The Balaban J connectivity index is 1.88. The van der Waals surface area contributed by atoms with Crippen molar-refractivity contribution in [3.63, 3.8) is 0 Å². The van der Waals surface area contributed by atoms with E-state index < -0.39 is 0 Å². The summed E-state index contributed by atoms with van der Waals surface area (Å²) in [5, 5.41) is 0. The van der Waals surface area contributed by atoms with E-state index in [1.165, 1.54) is 11.3 Å². The minimum absolute atomic E-state index is 0.109. The van der Waals surface area contributed by atoms with Crippen LogP contribution >= 0.6 is 11.3 Å². The molecular formula is C15H16N4O2S. The molecule has 0 aromatic carbocycles. The van der Waals surface area contributed by atoms with Crippen LogP contribution in [0.25, 0.3) is 10.6 Å². The van der Waals surface area contributed by atoms with Crippen molar-refractivity contribution in [2.75, 3.05) is 13.1 Å². The third kappa shape index (κ3) is 2.85. The number of hydrogen-bond donors (Lipinski definition) is 1. The van der Waals surface area contributed by atoms with Crippen LogP contribution in [0.4, 0.5) is 0 Å². The summed E-state index contributed by atoms with van der Waals surface area (Å²) < 4.78 is 0. The number of carbonyl (C=O) groups is 2. The number of nitrogens with zero attached hydrogens (tertiary/aromatic N) is 3. The van der Waals surface area contributed by atoms with Gasteiger partial charge in [0, 0.05) is 25.5 Å². The molecule has 1 aliphatic heterocycles. The fourth-order valence-corrected chi connectivity index (χ4v) is 3.30. The van der Waals surface area contributed by atoms with Crippen LogP contribution in [0.2, 0.25) is 0 Å². The van der Waals surface area contributed by atoms with Crippen molar-refractivity contribution in [3.05, 3.63) is 35.6 Å². The fraction of sp³-hybridized carbons (Fsp3) is 0.333. The van der Waals surface area contributed by atoms with Gasteiger partial charge in [0.25, 0.3) is 5.91 Å². The second kappa shape index (κ2) is 6.23. The molecule has 1 atom stereocenters. The Morgan fingerprint density at radius 1 is 1.41 bits per heavy atom. The van der Waals surface area contributed by atoms with Gasteiger partial charge in [0.05, 0.1) is 27.6 Å². The highest BCUT2D eigenvalue weighted by atomic mass is 32.1. The highest BCUT2D eigenvalue weighted by Crippen LogP contribution is 2.27. The molecule has 0 unspecified atom stereocenters. The summed E-state index contributed by atoms with van der Waals surface area (Å²) >= 11 is 1.44. The predicted octanol–water partition coefficient (Wildman–Crippen LogP) is 1.54. The number of aromatic nitrogens is 2. The van der Waals surface area contributed by atoms with Crippen LogP contribution in [0.5, 0.6) is 0 Å². The second-order valence-corrected chi connectivity index (χ2v) is 6.14. The van der Waals surface area contributed by atoms with E-state index in [1.54, 1.807) is 34.9 Å². The quantitative estimate of drug-likeness (QED) is 0.930. The van der Waals surface area contributed by atoms with Crippen LogP contribution in [0.15, 0.2) is 30.0 Å². The van der Waals surface area contributed by atoms with Crippen LogP contribution in [0.3, 0.4) is 0 Å². The molecular weight excluding hydrogens is 300 g/mol. The van der Waals surface area contributed by atoms with E-state index in [-0.39, 0.29) is 17.7 Å². The van der Waals surface area contributed by atoms with Gasteiger partial charge >= 0.3 is 0 Å². The molecule has 1 saturated heterocycles. The number of primary amides is 1. The fourth-order valence-electron chi connectivity index (χ4n) is 2.67. The van der Waals surface area contributed by atoms with Crippen LogP contribution in [-0.2, 0) is 4.79 Å². The summed E-state index contributed by atoms with van der Waals surface area (Å²) in [6.45, 7) is 1.02. The van der Waals surface area contributed by atoms with E-state index in [2.05, 4.69) is 9.97 Å². The SMILES string of the molecule is NC(=O)[C@H]1CCCN(C(=O)c2cccnc2-c2cncs2)C1. The van der Waals surface area contributed by atoms with E-state index in [1.807, 2.05) is 0 Å². The van der Waals surface area contributed by atoms with E-state index >= 15 is 0 Å².